The summed E-state index contributed by atoms with van der Waals surface area (Å²) < 4.78 is 0. The number of anilines is 3. The molecule has 0 radical (unpaired) electrons. The number of hydrogen-bond acceptors (Lipinski definition) is 3. The molecule has 0 aliphatic carbocycles. The molecule has 0 fully saturated rings. The van der Waals surface area contributed by atoms with Crippen molar-refractivity contribution >= 4 is 22.8 Å². The Morgan fingerprint density at radius 1 is 0.900 bits per heavy atom. The third-order valence-corrected chi connectivity index (χ3v) is 3.82. The zero-order valence-electron chi connectivity index (χ0n) is 11.8. The number of fused-ring (bicyclic) bond motifs is 1. The Morgan fingerprint density at radius 2 is 1.50 bits per heavy atom. The van der Waals surface area contributed by atoms with Crippen LogP contribution in [0.2, 0.25) is 0 Å². The average Bonchev–Trinajstić information content (AvgIpc) is 2.48. The lowest BCUT2D eigenvalue weighted by Gasteiger charge is -2.37. The molecule has 0 saturated heterocycles. The van der Waals surface area contributed by atoms with E-state index in [9.17, 15) is 4.79 Å². The molecule has 0 aromatic heterocycles. The fraction of sp³-hybridized carbons (Fsp3) is 0.235. The zero-order chi connectivity index (χ0) is 14.1. The average molecular weight is 266 g/mol. The van der Waals surface area contributed by atoms with Gasteiger partial charge >= 0.3 is 0 Å². The fourth-order valence-electron chi connectivity index (χ4n) is 2.76. The number of ketones is 1. The van der Waals surface area contributed by atoms with Crippen molar-refractivity contribution in [3.05, 3.63) is 54.1 Å². The van der Waals surface area contributed by atoms with Crippen molar-refractivity contribution < 1.29 is 4.79 Å². The third kappa shape index (κ3) is 2.05. The molecule has 2 aromatic carbocycles. The van der Waals surface area contributed by atoms with Crippen molar-refractivity contribution in [1.29, 1.82) is 0 Å². The van der Waals surface area contributed by atoms with E-state index in [2.05, 4.69) is 35.0 Å². The minimum absolute atomic E-state index is 0.108. The number of hydrogen-bond donors (Lipinski definition) is 0. The van der Waals surface area contributed by atoms with Gasteiger partial charge in [0.05, 0.1) is 17.1 Å². The van der Waals surface area contributed by atoms with Gasteiger partial charge in [-0.05, 0) is 31.2 Å². The zero-order valence-corrected chi connectivity index (χ0v) is 11.8. The van der Waals surface area contributed by atoms with Gasteiger partial charge in [0.1, 0.15) is 0 Å². The van der Waals surface area contributed by atoms with Crippen LogP contribution in [-0.2, 0) is 0 Å². The molecule has 3 nitrogen and oxygen atoms in total. The summed E-state index contributed by atoms with van der Waals surface area (Å²) in [5, 5.41) is 0. The number of carbonyl (C=O) groups is 1. The second-order valence-electron chi connectivity index (χ2n) is 5.14. The van der Waals surface area contributed by atoms with Gasteiger partial charge < -0.3 is 9.80 Å². The van der Waals surface area contributed by atoms with E-state index in [0.717, 1.165) is 30.0 Å². The molecule has 0 unspecified atom stereocenters. The number of carbonyl (C=O) groups excluding carboxylic acids is 1. The highest BCUT2D eigenvalue weighted by molar-refractivity contribution is 6.01. The Balaban J connectivity index is 2.13. The van der Waals surface area contributed by atoms with Crippen LogP contribution < -0.4 is 9.80 Å². The van der Waals surface area contributed by atoms with E-state index in [0.29, 0.717) is 0 Å². The van der Waals surface area contributed by atoms with Crippen molar-refractivity contribution in [2.45, 2.75) is 6.92 Å². The van der Waals surface area contributed by atoms with Crippen LogP contribution in [0.25, 0.3) is 0 Å². The van der Waals surface area contributed by atoms with Gasteiger partial charge in [-0.15, -0.1) is 0 Å². The monoisotopic (exact) mass is 266 g/mol. The van der Waals surface area contributed by atoms with E-state index in [1.165, 1.54) is 5.69 Å². The fourth-order valence-corrected chi connectivity index (χ4v) is 2.76. The van der Waals surface area contributed by atoms with Crippen LogP contribution in [0.1, 0.15) is 17.3 Å². The number of likely N-dealkylation sites (N-methyl/N-ethyl adjacent to an activating group) is 1. The molecule has 1 heterocycles. The molecule has 0 amide bonds. The number of benzene rings is 2. The summed E-state index contributed by atoms with van der Waals surface area (Å²) in [5.41, 5.74) is 4.15. The Hall–Kier alpha value is -2.29. The number of para-hydroxylation sites is 3. The van der Waals surface area contributed by atoms with E-state index in [-0.39, 0.29) is 5.78 Å². The Bertz CT molecular complexity index is 651. The normalized spacial score (nSPS) is 14.1. The summed E-state index contributed by atoms with van der Waals surface area (Å²) in [7, 11) is 2.10. The van der Waals surface area contributed by atoms with Crippen molar-refractivity contribution in [2.75, 3.05) is 29.9 Å². The van der Waals surface area contributed by atoms with Gasteiger partial charge in [-0.1, -0.05) is 24.3 Å². The quantitative estimate of drug-likeness (QED) is 0.778. The van der Waals surface area contributed by atoms with Crippen molar-refractivity contribution in [3.8, 4) is 0 Å². The summed E-state index contributed by atoms with van der Waals surface area (Å²) >= 11 is 0. The molecule has 2 aromatic rings. The summed E-state index contributed by atoms with van der Waals surface area (Å²) in [6.45, 7) is 3.46. The van der Waals surface area contributed by atoms with E-state index in [1.54, 1.807) is 6.92 Å². The van der Waals surface area contributed by atoms with Gasteiger partial charge in [0, 0.05) is 25.7 Å². The highest BCUT2D eigenvalue weighted by atomic mass is 16.1. The molecule has 0 atom stereocenters. The molecule has 102 valence electrons. The van der Waals surface area contributed by atoms with Crippen LogP contribution in [0.5, 0.6) is 0 Å². The minimum atomic E-state index is 0.108. The molecule has 0 spiro atoms. The standard InChI is InChI=1S/C17H18N2O/c1-13(20)14-7-3-4-8-15(14)19-12-11-18(2)16-9-5-6-10-17(16)19/h3-10H,11-12H2,1-2H3. The van der Waals surface area contributed by atoms with Crippen molar-refractivity contribution in [1.82, 2.24) is 0 Å². The van der Waals surface area contributed by atoms with Crippen LogP contribution in [0.4, 0.5) is 17.1 Å². The van der Waals surface area contributed by atoms with E-state index >= 15 is 0 Å². The molecule has 0 N–H and O–H groups in total. The van der Waals surface area contributed by atoms with Crippen LogP contribution in [-0.4, -0.2) is 25.9 Å². The van der Waals surface area contributed by atoms with E-state index in [1.807, 2.05) is 30.3 Å². The highest BCUT2D eigenvalue weighted by Gasteiger charge is 2.23. The Labute approximate surface area is 119 Å². The summed E-state index contributed by atoms with van der Waals surface area (Å²) in [4.78, 5) is 16.3. The Morgan fingerprint density at radius 3 is 2.20 bits per heavy atom. The Kier molecular flexibility index (Phi) is 3.18. The molecular formula is C17H18N2O. The number of rotatable bonds is 2. The smallest absolute Gasteiger partial charge is 0.161 e. The molecule has 1 aliphatic heterocycles. The molecule has 3 heteroatoms. The number of nitrogens with zero attached hydrogens (tertiary/aromatic N) is 2. The first-order valence-corrected chi connectivity index (χ1v) is 6.86. The maximum absolute atomic E-state index is 11.8. The lowest BCUT2D eigenvalue weighted by molar-refractivity contribution is 0.101. The molecule has 20 heavy (non-hydrogen) atoms. The lowest BCUT2D eigenvalue weighted by Crippen LogP contribution is -2.36. The molecule has 3 rings (SSSR count). The van der Waals surface area contributed by atoms with Gasteiger partial charge in [0.2, 0.25) is 0 Å². The summed E-state index contributed by atoms with van der Waals surface area (Å²) in [6, 6.07) is 16.2. The first-order valence-electron chi connectivity index (χ1n) is 6.86. The molecule has 0 saturated carbocycles. The first-order chi connectivity index (χ1) is 9.68. The summed E-state index contributed by atoms with van der Waals surface area (Å²) in [6.07, 6.45) is 0. The summed E-state index contributed by atoms with van der Waals surface area (Å²) in [5.74, 6) is 0.108. The van der Waals surface area contributed by atoms with Gasteiger partial charge in [0.25, 0.3) is 0 Å². The van der Waals surface area contributed by atoms with Crippen LogP contribution in [0, 0.1) is 0 Å². The van der Waals surface area contributed by atoms with Gasteiger partial charge in [-0.3, -0.25) is 4.79 Å². The lowest BCUT2D eigenvalue weighted by atomic mass is 10.1. The topological polar surface area (TPSA) is 23.6 Å². The molecular weight excluding hydrogens is 248 g/mol. The van der Waals surface area contributed by atoms with Gasteiger partial charge in [-0.25, -0.2) is 0 Å². The second kappa shape index (κ2) is 5.00. The SMILES string of the molecule is CC(=O)c1ccccc1N1CCN(C)c2ccccc21. The maximum atomic E-state index is 11.8. The van der Waals surface area contributed by atoms with Crippen molar-refractivity contribution in [3.63, 3.8) is 0 Å². The predicted octanol–water partition coefficient (Wildman–Crippen LogP) is 3.48. The number of Topliss-reactive ketones (excluding diaryl/α,β-unsaturated/α-hetero) is 1. The van der Waals surface area contributed by atoms with Crippen LogP contribution in [0.3, 0.4) is 0 Å². The van der Waals surface area contributed by atoms with E-state index < -0.39 is 0 Å². The maximum Gasteiger partial charge on any atom is 0.161 e. The predicted molar refractivity (Wildman–Crippen MR) is 83.2 cm³/mol. The van der Waals surface area contributed by atoms with Gasteiger partial charge in [0.15, 0.2) is 5.78 Å². The third-order valence-electron chi connectivity index (χ3n) is 3.82. The largest absolute Gasteiger partial charge is 0.371 e. The van der Waals surface area contributed by atoms with Crippen LogP contribution in [0.15, 0.2) is 48.5 Å². The van der Waals surface area contributed by atoms with Gasteiger partial charge in [-0.2, -0.15) is 0 Å². The van der Waals surface area contributed by atoms with Crippen molar-refractivity contribution in [2.24, 2.45) is 0 Å². The first kappa shape index (κ1) is 12.7. The molecule has 0 bridgehead atoms. The van der Waals surface area contributed by atoms with E-state index in [4.69, 9.17) is 0 Å². The van der Waals surface area contributed by atoms with Crippen LogP contribution >= 0.6 is 0 Å². The second-order valence-corrected chi connectivity index (χ2v) is 5.14. The molecule has 1 aliphatic rings. The minimum Gasteiger partial charge on any atom is -0.371 e. The highest BCUT2D eigenvalue weighted by Crippen LogP contribution is 2.38.